The zero-order valence-corrected chi connectivity index (χ0v) is 12.3. The first kappa shape index (κ1) is 17.0. The minimum Gasteiger partial charge on any atom is -0.447 e. The summed E-state index contributed by atoms with van der Waals surface area (Å²) in [7, 11) is 0. The second kappa shape index (κ2) is 9.77. The fourth-order valence-corrected chi connectivity index (χ4v) is 1.58. The van der Waals surface area contributed by atoms with Crippen molar-refractivity contribution in [3.8, 4) is 0 Å². The summed E-state index contributed by atoms with van der Waals surface area (Å²) in [6.45, 7) is 2.85. The van der Waals surface area contributed by atoms with Crippen LogP contribution in [0.4, 0.5) is 4.79 Å². The largest absolute Gasteiger partial charge is 0.447 e. The van der Waals surface area contributed by atoms with E-state index in [0.717, 1.165) is 18.4 Å². The third kappa shape index (κ3) is 7.31. The minimum atomic E-state index is -0.843. The molecular formula is C15H23N3O3. The van der Waals surface area contributed by atoms with E-state index in [4.69, 9.17) is 10.5 Å². The van der Waals surface area contributed by atoms with Gasteiger partial charge in [-0.3, -0.25) is 4.79 Å². The van der Waals surface area contributed by atoms with Crippen molar-refractivity contribution in [2.75, 3.05) is 13.2 Å². The van der Waals surface area contributed by atoms with E-state index < -0.39 is 12.1 Å². The highest BCUT2D eigenvalue weighted by atomic mass is 16.5. The molecule has 1 rings (SSSR count). The first-order valence-corrected chi connectivity index (χ1v) is 7.11. The van der Waals surface area contributed by atoms with Crippen LogP contribution in [0.25, 0.3) is 0 Å². The maximum absolute atomic E-state index is 11.6. The van der Waals surface area contributed by atoms with Crippen LogP contribution in [0.1, 0.15) is 25.3 Å². The Kier molecular flexibility index (Phi) is 7.89. The molecule has 6 nitrogen and oxygen atoms in total. The first-order valence-electron chi connectivity index (χ1n) is 7.11. The van der Waals surface area contributed by atoms with Crippen LogP contribution in [0.2, 0.25) is 0 Å². The van der Waals surface area contributed by atoms with E-state index in [9.17, 15) is 9.59 Å². The lowest BCUT2D eigenvalue weighted by Crippen LogP contribution is -2.45. The van der Waals surface area contributed by atoms with Gasteiger partial charge in [-0.05, 0) is 12.0 Å². The van der Waals surface area contributed by atoms with Crippen LogP contribution in [0.3, 0.4) is 0 Å². The summed E-state index contributed by atoms with van der Waals surface area (Å²) in [5.41, 5.74) is 6.61. The summed E-state index contributed by atoms with van der Waals surface area (Å²) < 4.78 is 4.92. The average Bonchev–Trinajstić information content (AvgIpc) is 2.51. The molecule has 0 aliphatic rings. The Morgan fingerprint density at radius 2 is 1.95 bits per heavy atom. The molecule has 0 radical (unpaired) electrons. The maximum Gasteiger partial charge on any atom is 0.407 e. The molecule has 1 aromatic carbocycles. The number of benzene rings is 1. The van der Waals surface area contributed by atoms with E-state index in [-0.39, 0.29) is 12.5 Å². The Balaban J connectivity index is 2.18. The van der Waals surface area contributed by atoms with Crippen LogP contribution < -0.4 is 16.4 Å². The molecule has 6 heteroatoms. The van der Waals surface area contributed by atoms with Crippen molar-refractivity contribution in [1.29, 1.82) is 0 Å². The summed E-state index contributed by atoms with van der Waals surface area (Å²) in [5.74, 6) is -0.306. The van der Waals surface area contributed by atoms with Crippen molar-refractivity contribution >= 4 is 12.0 Å². The molecule has 0 saturated carbocycles. The summed E-state index contributed by atoms with van der Waals surface area (Å²) in [6, 6.07) is 8.63. The maximum atomic E-state index is 11.6. The number of nitrogens with one attached hydrogen (secondary N) is 2. The molecule has 1 atom stereocenters. The van der Waals surface area contributed by atoms with Gasteiger partial charge in [0.25, 0.3) is 0 Å². The second-order valence-corrected chi connectivity index (χ2v) is 4.69. The standard InChI is InChI=1S/C15H23N3O3/c1-2-3-9-17-14(19)13(16)11-21-15(20)18-10-12-7-5-4-6-8-12/h4-8,13H,2-3,9-11,16H2,1H3,(H,17,19)(H,18,20). The number of unbranched alkanes of at least 4 members (excludes halogenated alkanes) is 1. The van der Waals surface area contributed by atoms with Gasteiger partial charge in [0.1, 0.15) is 12.6 Å². The van der Waals surface area contributed by atoms with Gasteiger partial charge in [0.2, 0.25) is 5.91 Å². The van der Waals surface area contributed by atoms with Crippen LogP contribution in [-0.2, 0) is 16.1 Å². The summed E-state index contributed by atoms with van der Waals surface area (Å²) in [5, 5.41) is 5.29. The zero-order valence-electron chi connectivity index (χ0n) is 12.3. The molecular weight excluding hydrogens is 270 g/mol. The topological polar surface area (TPSA) is 93.5 Å². The van der Waals surface area contributed by atoms with Crippen LogP contribution in [0.5, 0.6) is 0 Å². The van der Waals surface area contributed by atoms with Crippen LogP contribution in [0.15, 0.2) is 30.3 Å². The third-order valence-corrected chi connectivity index (χ3v) is 2.84. The molecule has 1 unspecified atom stereocenters. The van der Waals surface area contributed by atoms with Crippen molar-refractivity contribution in [3.05, 3.63) is 35.9 Å². The number of carbonyl (C=O) groups is 2. The fraction of sp³-hybridized carbons (Fsp3) is 0.467. The molecule has 0 bridgehead atoms. The Bertz CT molecular complexity index is 437. The third-order valence-electron chi connectivity index (χ3n) is 2.84. The normalized spacial score (nSPS) is 11.5. The summed E-state index contributed by atoms with van der Waals surface area (Å²) in [4.78, 5) is 23.0. The van der Waals surface area contributed by atoms with Gasteiger partial charge in [-0.15, -0.1) is 0 Å². The van der Waals surface area contributed by atoms with Gasteiger partial charge in [-0.2, -0.15) is 0 Å². The lowest BCUT2D eigenvalue weighted by atomic mass is 10.2. The van der Waals surface area contributed by atoms with Gasteiger partial charge < -0.3 is 21.1 Å². The van der Waals surface area contributed by atoms with Crippen molar-refractivity contribution < 1.29 is 14.3 Å². The number of ether oxygens (including phenoxy) is 1. The molecule has 0 spiro atoms. The lowest BCUT2D eigenvalue weighted by Gasteiger charge is -2.13. The zero-order chi connectivity index (χ0) is 15.5. The van der Waals surface area contributed by atoms with E-state index in [1.54, 1.807) is 0 Å². The van der Waals surface area contributed by atoms with Gasteiger partial charge in [-0.1, -0.05) is 43.7 Å². The minimum absolute atomic E-state index is 0.140. The van der Waals surface area contributed by atoms with Gasteiger partial charge >= 0.3 is 6.09 Å². The van der Waals surface area contributed by atoms with Gasteiger partial charge in [0, 0.05) is 13.1 Å². The number of hydrogen-bond acceptors (Lipinski definition) is 4. The Morgan fingerprint density at radius 1 is 1.24 bits per heavy atom. The number of rotatable bonds is 8. The lowest BCUT2D eigenvalue weighted by molar-refractivity contribution is -0.123. The van der Waals surface area contributed by atoms with E-state index >= 15 is 0 Å². The van der Waals surface area contributed by atoms with E-state index in [0.29, 0.717) is 13.1 Å². The highest BCUT2D eigenvalue weighted by Crippen LogP contribution is 1.97. The summed E-state index contributed by atoms with van der Waals surface area (Å²) >= 11 is 0. The number of amides is 2. The van der Waals surface area contributed by atoms with Crippen molar-refractivity contribution in [3.63, 3.8) is 0 Å². The second-order valence-electron chi connectivity index (χ2n) is 4.69. The van der Waals surface area contributed by atoms with E-state index in [2.05, 4.69) is 10.6 Å². The quantitative estimate of drug-likeness (QED) is 0.627. The summed E-state index contributed by atoms with van der Waals surface area (Å²) in [6.07, 6.45) is 1.31. The fourth-order valence-electron chi connectivity index (χ4n) is 1.58. The number of alkyl carbamates (subject to hydrolysis) is 1. The predicted octanol–water partition coefficient (Wildman–Crippen LogP) is 1.16. The molecule has 4 N–H and O–H groups in total. The van der Waals surface area contributed by atoms with Crippen LogP contribution in [0, 0.1) is 0 Å². The molecule has 116 valence electrons. The van der Waals surface area contributed by atoms with Crippen molar-refractivity contribution in [2.24, 2.45) is 5.73 Å². The molecule has 0 aliphatic heterocycles. The number of nitrogens with two attached hydrogens (primary N) is 1. The van der Waals surface area contributed by atoms with E-state index in [1.165, 1.54) is 0 Å². The molecule has 0 aliphatic carbocycles. The van der Waals surface area contributed by atoms with Crippen LogP contribution >= 0.6 is 0 Å². The van der Waals surface area contributed by atoms with Gasteiger partial charge in [-0.25, -0.2) is 4.79 Å². The highest BCUT2D eigenvalue weighted by molar-refractivity contribution is 5.81. The highest BCUT2D eigenvalue weighted by Gasteiger charge is 2.15. The SMILES string of the molecule is CCCCNC(=O)C(N)COC(=O)NCc1ccccc1. The molecule has 1 aromatic rings. The smallest absolute Gasteiger partial charge is 0.407 e. The monoisotopic (exact) mass is 293 g/mol. The molecule has 0 heterocycles. The Labute approximate surface area is 125 Å². The van der Waals surface area contributed by atoms with Gasteiger partial charge in [0.05, 0.1) is 0 Å². The van der Waals surface area contributed by atoms with Crippen LogP contribution in [-0.4, -0.2) is 31.2 Å². The van der Waals surface area contributed by atoms with Crippen molar-refractivity contribution in [2.45, 2.75) is 32.4 Å². The average molecular weight is 293 g/mol. The van der Waals surface area contributed by atoms with Gasteiger partial charge in [0.15, 0.2) is 0 Å². The number of hydrogen-bond donors (Lipinski definition) is 3. The van der Waals surface area contributed by atoms with Crippen molar-refractivity contribution in [1.82, 2.24) is 10.6 Å². The first-order chi connectivity index (χ1) is 10.1. The van der Waals surface area contributed by atoms with E-state index in [1.807, 2.05) is 37.3 Å². The Hall–Kier alpha value is -2.08. The predicted molar refractivity (Wildman–Crippen MR) is 80.5 cm³/mol. The molecule has 2 amide bonds. The molecule has 0 aromatic heterocycles. The molecule has 0 fully saturated rings. The molecule has 21 heavy (non-hydrogen) atoms. The molecule has 0 saturated heterocycles. The number of carbonyl (C=O) groups excluding carboxylic acids is 2. The Morgan fingerprint density at radius 3 is 2.62 bits per heavy atom.